The monoisotopic (exact) mass is 448 g/mol. The third-order valence-corrected chi connectivity index (χ3v) is 6.47. The maximum absolute atomic E-state index is 13.3. The first kappa shape index (κ1) is 23.1. The van der Waals surface area contributed by atoms with Crippen molar-refractivity contribution >= 4 is 11.8 Å². The molecule has 174 valence electrons. The molecule has 2 aliphatic heterocycles. The molecule has 2 heterocycles. The van der Waals surface area contributed by atoms with E-state index in [4.69, 9.17) is 9.47 Å². The summed E-state index contributed by atoms with van der Waals surface area (Å²) in [4.78, 5) is 29.9. The molecule has 0 saturated carbocycles. The summed E-state index contributed by atoms with van der Waals surface area (Å²) in [5.74, 6) is 0.635. The number of carbonyl (C=O) groups excluding carboxylic acids is 2. The standard InChI is InChI=1S/C27H32N2O4/c1-3-14-28-15-16-29(27(31)25-5-4-17-33-25)19-23(26(28)30)18-20-6-8-21(9-7-20)22-10-12-24(32-2)13-11-22/h3,6-13,23,25H,1,4-5,14-19H2,2H3/t23-,25-/m0/s1. The summed E-state index contributed by atoms with van der Waals surface area (Å²) < 4.78 is 10.9. The molecule has 2 aromatic rings. The smallest absolute Gasteiger partial charge is 0.251 e. The molecule has 0 aliphatic carbocycles. The number of carbonyl (C=O) groups is 2. The normalized spacial score (nSPS) is 21.1. The van der Waals surface area contributed by atoms with Gasteiger partial charge in [0.25, 0.3) is 5.91 Å². The first-order chi connectivity index (χ1) is 16.1. The van der Waals surface area contributed by atoms with Crippen LogP contribution in [0.3, 0.4) is 0 Å². The lowest BCUT2D eigenvalue weighted by molar-refractivity contribution is -0.141. The van der Waals surface area contributed by atoms with E-state index >= 15 is 0 Å². The molecule has 2 amide bonds. The lowest BCUT2D eigenvalue weighted by Crippen LogP contribution is -2.42. The van der Waals surface area contributed by atoms with Crippen molar-refractivity contribution in [2.45, 2.75) is 25.4 Å². The van der Waals surface area contributed by atoms with E-state index in [0.29, 0.717) is 39.2 Å². The first-order valence-corrected chi connectivity index (χ1v) is 11.6. The van der Waals surface area contributed by atoms with E-state index in [0.717, 1.165) is 35.3 Å². The fourth-order valence-electron chi connectivity index (χ4n) is 4.61. The maximum atomic E-state index is 13.3. The molecule has 0 N–H and O–H groups in total. The van der Waals surface area contributed by atoms with Gasteiger partial charge in [-0.2, -0.15) is 0 Å². The van der Waals surface area contributed by atoms with Crippen LogP contribution in [0.25, 0.3) is 11.1 Å². The van der Waals surface area contributed by atoms with Crippen molar-refractivity contribution in [1.29, 1.82) is 0 Å². The quantitative estimate of drug-likeness (QED) is 0.608. The molecule has 0 spiro atoms. The molecule has 2 saturated heterocycles. The van der Waals surface area contributed by atoms with E-state index in [1.807, 2.05) is 34.1 Å². The molecule has 6 nitrogen and oxygen atoms in total. The molecule has 0 bridgehead atoms. The van der Waals surface area contributed by atoms with Gasteiger partial charge in [0.2, 0.25) is 5.91 Å². The van der Waals surface area contributed by atoms with Crippen LogP contribution >= 0.6 is 0 Å². The number of ether oxygens (including phenoxy) is 2. The zero-order chi connectivity index (χ0) is 23.2. The maximum Gasteiger partial charge on any atom is 0.251 e. The number of hydrogen-bond donors (Lipinski definition) is 0. The second kappa shape index (κ2) is 10.7. The van der Waals surface area contributed by atoms with Gasteiger partial charge < -0.3 is 19.3 Å². The summed E-state index contributed by atoms with van der Waals surface area (Å²) in [5, 5.41) is 0. The van der Waals surface area contributed by atoms with Crippen LogP contribution in [0, 0.1) is 5.92 Å². The molecule has 4 rings (SSSR count). The van der Waals surface area contributed by atoms with Crippen LogP contribution in [-0.2, 0) is 20.7 Å². The Kier molecular flexibility index (Phi) is 7.45. The van der Waals surface area contributed by atoms with Crippen LogP contribution in [-0.4, -0.2) is 67.6 Å². The summed E-state index contributed by atoms with van der Waals surface area (Å²) in [6.07, 6.45) is 3.64. The molecule has 0 radical (unpaired) electrons. The van der Waals surface area contributed by atoms with Crippen molar-refractivity contribution in [2.75, 3.05) is 39.9 Å². The van der Waals surface area contributed by atoms with Gasteiger partial charge >= 0.3 is 0 Å². The van der Waals surface area contributed by atoms with Crippen molar-refractivity contribution in [3.8, 4) is 16.9 Å². The number of rotatable bonds is 7. The fourth-order valence-corrected chi connectivity index (χ4v) is 4.61. The van der Waals surface area contributed by atoms with Gasteiger partial charge in [-0.25, -0.2) is 0 Å². The van der Waals surface area contributed by atoms with Crippen LogP contribution in [0.15, 0.2) is 61.2 Å². The van der Waals surface area contributed by atoms with E-state index in [1.165, 1.54) is 0 Å². The largest absolute Gasteiger partial charge is 0.497 e. The van der Waals surface area contributed by atoms with Crippen LogP contribution < -0.4 is 4.74 Å². The Balaban J connectivity index is 1.49. The van der Waals surface area contributed by atoms with E-state index in [2.05, 4.69) is 30.8 Å². The average Bonchev–Trinajstić information content (AvgIpc) is 3.35. The molecule has 2 aliphatic rings. The summed E-state index contributed by atoms with van der Waals surface area (Å²) in [7, 11) is 1.66. The fraction of sp³-hybridized carbons (Fsp3) is 0.407. The van der Waals surface area contributed by atoms with Crippen molar-refractivity contribution < 1.29 is 19.1 Å². The Morgan fingerprint density at radius 2 is 1.82 bits per heavy atom. The van der Waals surface area contributed by atoms with Crippen molar-refractivity contribution in [1.82, 2.24) is 9.80 Å². The lowest BCUT2D eigenvalue weighted by atomic mass is 9.95. The summed E-state index contributed by atoms with van der Waals surface area (Å²) in [6.45, 7) is 6.40. The summed E-state index contributed by atoms with van der Waals surface area (Å²) in [6, 6.07) is 16.3. The highest BCUT2D eigenvalue weighted by molar-refractivity contribution is 5.84. The Morgan fingerprint density at radius 1 is 1.12 bits per heavy atom. The third kappa shape index (κ3) is 5.45. The van der Waals surface area contributed by atoms with Gasteiger partial charge in [-0.15, -0.1) is 6.58 Å². The number of methoxy groups -OCH3 is 1. The zero-order valence-electron chi connectivity index (χ0n) is 19.2. The predicted octanol–water partition coefficient (Wildman–Crippen LogP) is 3.56. The number of amides is 2. The zero-order valence-corrected chi connectivity index (χ0v) is 19.2. The van der Waals surface area contributed by atoms with Gasteiger partial charge in [0.1, 0.15) is 11.9 Å². The molecular formula is C27H32N2O4. The number of nitrogens with zero attached hydrogens (tertiary/aromatic N) is 2. The minimum Gasteiger partial charge on any atom is -0.497 e. The van der Waals surface area contributed by atoms with Crippen LogP contribution in [0.1, 0.15) is 18.4 Å². The van der Waals surface area contributed by atoms with Crippen LogP contribution in [0.2, 0.25) is 0 Å². The van der Waals surface area contributed by atoms with Gasteiger partial charge in [-0.05, 0) is 48.1 Å². The third-order valence-electron chi connectivity index (χ3n) is 6.47. The van der Waals surface area contributed by atoms with E-state index in [1.54, 1.807) is 13.2 Å². The average molecular weight is 449 g/mol. The van der Waals surface area contributed by atoms with Crippen LogP contribution in [0.5, 0.6) is 5.75 Å². The summed E-state index contributed by atoms with van der Waals surface area (Å²) >= 11 is 0. The van der Waals surface area contributed by atoms with Gasteiger partial charge in [-0.3, -0.25) is 9.59 Å². The van der Waals surface area contributed by atoms with Crippen molar-refractivity contribution in [3.05, 3.63) is 66.7 Å². The Bertz CT molecular complexity index is 965. The highest BCUT2D eigenvalue weighted by Gasteiger charge is 2.35. The highest BCUT2D eigenvalue weighted by Crippen LogP contribution is 2.25. The second-order valence-corrected chi connectivity index (χ2v) is 8.69. The predicted molar refractivity (Wildman–Crippen MR) is 128 cm³/mol. The summed E-state index contributed by atoms with van der Waals surface area (Å²) in [5.41, 5.74) is 3.30. The van der Waals surface area contributed by atoms with Crippen molar-refractivity contribution in [2.24, 2.45) is 5.92 Å². The molecular weight excluding hydrogens is 416 g/mol. The molecule has 2 fully saturated rings. The molecule has 0 unspecified atom stereocenters. The SMILES string of the molecule is C=CCN1CCN(C(=O)[C@@H]2CCCO2)C[C@H](Cc2ccc(-c3ccc(OC)cc3)cc2)C1=O. The van der Waals surface area contributed by atoms with Gasteiger partial charge in [0.05, 0.1) is 13.0 Å². The van der Waals surface area contributed by atoms with Gasteiger partial charge in [0.15, 0.2) is 0 Å². The first-order valence-electron chi connectivity index (χ1n) is 11.6. The number of benzene rings is 2. The van der Waals surface area contributed by atoms with Crippen molar-refractivity contribution in [3.63, 3.8) is 0 Å². The minimum atomic E-state index is -0.365. The Morgan fingerprint density at radius 3 is 2.42 bits per heavy atom. The highest BCUT2D eigenvalue weighted by atomic mass is 16.5. The van der Waals surface area contributed by atoms with Crippen LogP contribution in [0.4, 0.5) is 0 Å². The molecule has 2 aromatic carbocycles. The molecule has 0 aromatic heterocycles. The van der Waals surface area contributed by atoms with Gasteiger partial charge in [-0.1, -0.05) is 42.5 Å². The van der Waals surface area contributed by atoms with E-state index < -0.39 is 0 Å². The molecule has 2 atom stereocenters. The second-order valence-electron chi connectivity index (χ2n) is 8.69. The molecule has 33 heavy (non-hydrogen) atoms. The number of hydrogen-bond acceptors (Lipinski definition) is 4. The van der Waals surface area contributed by atoms with E-state index in [9.17, 15) is 9.59 Å². The van der Waals surface area contributed by atoms with Gasteiger partial charge in [0, 0.05) is 32.8 Å². The Labute approximate surface area is 195 Å². The Hall–Kier alpha value is -3.12. The lowest BCUT2D eigenvalue weighted by Gasteiger charge is -2.25. The topological polar surface area (TPSA) is 59.1 Å². The minimum absolute atomic E-state index is 0.0145. The van der Waals surface area contributed by atoms with E-state index in [-0.39, 0.29) is 23.8 Å². The molecule has 6 heteroatoms.